The summed E-state index contributed by atoms with van der Waals surface area (Å²) < 4.78 is 10.5. The van der Waals surface area contributed by atoms with Gasteiger partial charge in [-0.25, -0.2) is 0 Å². The maximum atomic E-state index is 12.6. The van der Waals surface area contributed by atoms with E-state index in [1.54, 1.807) is 32.4 Å². The summed E-state index contributed by atoms with van der Waals surface area (Å²) in [6.07, 6.45) is 2.90. The van der Waals surface area contributed by atoms with Gasteiger partial charge in [0, 0.05) is 31.0 Å². The molecule has 1 fully saturated rings. The van der Waals surface area contributed by atoms with Crippen LogP contribution in [-0.4, -0.2) is 58.1 Å². The zero-order valence-electron chi connectivity index (χ0n) is 16.7. The molecule has 0 aliphatic heterocycles. The summed E-state index contributed by atoms with van der Waals surface area (Å²) in [5.41, 5.74) is 0.602. The lowest BCUT2D eigenvalue weighted by Gasteiger charge is -2.27. The fourth-order valence-corrected chi connectivity index (χ4v) is 3.31. The van der Waals surface area contributed by atoms with Gasteiger partial charge < -0.3 is 25.0 Å². The number of hydrogen-bond donors (Lipinski definition) is 2. The van der Waals surface area contributed by atoms with E-state index in [4.69, 9.17) is 9.47 Å². The number of carbonyl (C=O) groups is 2. The molecule has 2 amide bonds. The van der Waals surface area contributed by atoms with Gasteiger partial charge in [-0.1, -0.05) is 0 Å². The Morgan fingerprint density at radius 1 is 1.04 bits per heavy atom. The van der Waals surface area contributed by atoms with Crippen molar-refractivity contribution in [2.45, 2.75) is 25.7 Å². The van der Waals surface area contributed by atoms with Crippen LogP contribution in [-0.2, 0) is 9.59 Å². The second-order valence-corrected chi connectivity index (χ2v) is 7.20. The third-order valence-electron chi connectivity index (χ3n) is 4.99. The Labute approximate surface area is 161 Å². The van der Waals surface area contributed by atoms with Crippen LogP contribution in [0, 0.1) is 11.8 Å². The van der Waals surface area contributed by atoms with Crippen LogP contribution in [0.2, 0.25) is 0 Å². The van der Waals surface area contributed by atoms with Gasteiger partial charge in [-0.2, -0.15) is 0 Å². The minimum Gasteiger partial charge on any atom is -0.497 e. The average Bonchev–Trinajstić information content (AvgIpc) is 2.67. The van der Waals surface area contributed by atoms with Gasteiger partial charge in [0.05, 0.1) is 19.9 Å². The van der Waals surface area contributed by atoms with Crippen LogP contribution in [0.3, 0.4) is 0 Å². The number of rotatable bonds is 8. The van der Waals surface area contributed by atoms with Crippen molar-refractivity contribution in [2.24, 2.45) is 11.8 Å². The maximum Gasteiger partial charge on any atom is 0.227 e. The molecule has 0 aromatic heterocycles. The Morgan fingerprint density at radius 3 is 2.22 bits per heavy atom. The highest BCUT2D eigenvalue weighted by Crippen LogP contribution is 2.33. The summed E-state index contributed by atoms with van der Waals surface area (Å²) in [6, 6.07) is 5.30. The number of likely N-dealkylation sites (N-methyl/N-ethyl adjacent to an activating group) is 1. The van der Waals surface area contributed by atoms with Gasteiger partial charge in [0.1, 0.15) is 11.5 Å². The number of carbonyl (C=O) groups excluding carboxylic acids is 2. The molecule has 150 valence electrons. The van der Waals surface area contributed by atoms with E-state index < -0.39 is 0 Å². The molecule has 0 bridgehead atoms. The van der Waals surface area contributed by atoms with Gasteiger partial charge in [0.25, 0.3) is 0 Å². The van der Waals surface area contributed by atoms with Gasteiger partial charge in [-0.05, 0) is 51.9 Å². The first-order valence-corrected chi connectivity index (χ1v) is 9.40. The minimum absolute atomic E-state index is 0.00238. The first kappa shape index (κ1) is 21.0. The molecular weight excluding hydrogens is 346 g/mol. The maximum absolute atomic E-state index is 12.6. The minimum atomic E-state index is -0.0910. The third-order valence-corrected chi connectivity index (χ3v) is 4.99. The zero-order valence-corrected chi connectivity index (χ0v) is 16.7. The summed E-state index contributed by atoms with van der Waals surface area (Å²) in [5, 5.41) is 5.93. The summed E-state index contributed by atoms with van der Waals surface area (Å²) in [7, 11) is 7.11. The molecule has 1 saturated carbocycles. The smallest absolute Gasteiger partial charge is 0.227 e. The van der Waals surface area contributed by atoms with Crippen molar-refractivity contribution < 1.29 is 19.1 Å². The fraction of sp³-hybridized carbons (Fsp3) is 0.600. The van der Waals surface area contributed by atoms with Crippen molar-refractivity contribution in [3.63, 3.8) is 0 Å². The Kier molecular flexibility index (Phi) is 7.91. The lowest BCUT2D eigenvalue weighted by Crippen LogP contribution is -2.38. The van der Waals surface area contributed by atoms with Crippen molar-refractivity contribution in [1.82, 2.24) is 10.2 Å². The zero-order chi connectivity index (χ0) is 19.8. The molecule has 7 nitrogen and oxygen atoms in total. The van der Waals surface area contributed by atoms with E-state index in [-0.39, 0.29) is 23.7 Å². The highest BCUT2D eigenvalue weighted by molar-refractivity contribution is 5.94. The number of hydrogen-bond acceptors (Lipinski definition) is 5. The molecular formula is C20H31N3O4. The number of anilines is 1. The second-order valence-electron chi connectivity index (χ2n) is 7.20. The number of nitrogens with zero attached hydrogens (tertiary/aromatic N) is 1. The monoisotopic (exact) mass is 377 g/mol. The molecule has 2 N–H and O–H groups in total. The first-order chi connectivity index (χ1) is 12.9. The number of amides is 2. The molecule has 0 heterocycles. The quantitative estimate of drug-likeness (QED) is 0.725. The molecule has 1 aliphatic carbocycles. The van der Waals surface area contributed by atoms with Crippen LogP contribution in [0.4, 0.5) is 5.69 Å². The number of benzene rings is 1. The molecule has 0 saturated heterocycles. The van der Waals surface area contributed by atoms with Gasteiger partial charge in [0.2, 0.25) is 11.8 Å². The van der Waals surface area contributed by atoms with E-state index in [0.29, 0.717) is 36.6 Å². The Bertz CT molecular complexity index is 640. The lowest BCUT2D eigenvalue weighted by atomic mass is 9.81. The van der Waals surface area contributed by atoms with Crippen molar-refractivity contribution in [3.05, 3.63) is 18.2 Å². The predicted octanol–water partition coefficient (Wildman–Crippen LogP) is 2.13. The van der Waals surface area contributed by atoms with Crippen molar-refractivity contribution >= 4 is 17.5 Å². The average molecular weight is 377 g/mol. The first-order valence-electron chi connectivity index (χ1n) is 9.40. The summed E-state index contributed by atoms with van der Waals surface area (Å²) >= 11 is 0. The second kappa shape index (κ2) is 10.2. The third kappa shape index (κ3) is 6.13. The molecule has 2 rings (SSSR count). The lowest BCUT2D eigenvalue weighted by molar-refractivity contribution is -0.128. The van der Waals surface area contributed by atoms with Crippen molar-refractivity contribution in [2.75, 3.05) is 46.7 Å². The standard InChI is InChI=1S/C20H31N3O4/c1-23(2)12-11-21-19(24)14-5-7-15(8-6-14)20(25)22-17-13-16(26-3)9-10-18(17)27-4/h9-10,13-15H,5-8,11-12H2,1-4H3,(H,21,24)(H,22,25). The van der Waals surface area contributed by atoms with Gasteiger partial charge in [0.15, 0.2) is 0 Å². The van der Waals surface area contributed by atoms with Gasteiger partial charge >= 0.3 is 0 Å². The molecule has 1 aromatic carbocycles. The Balaban J connectivity index is 1.85. The predicted molar refractivity (Wildman–Crippen MR) is 105 cm³/mol. The normalized spacial score (nSPS) is 19.4. The van der Waals surface area contributed by atoms with E-state index in [0.717, 1.165) is 19.4 Å². The topological polar surface area (TPSA) is 79.9 Å². The van der Waals surface area contributed by atoms with Crippen LogP contribution in [0.1, 0.15) is 25.7 Å². The number of nitrogens with one attached hydrogen (secondary N) is 2. The highest BCUT2D eigenvalue weighted by atomic mass is 16.5. The van der Waals surface area contributed by atoms with E-state index >= 15 is 0 Å². The molecule has 1 aromatic rings. The van der Waals surface area contributed by atoms with Gasteiger partial charge in [-0.3, -0.25) is 9.59 Å². The molecule has 1 aliphatic rings. The molecule has 0 spiro atoms. The van der Waals surface area contributed by atoms with Crippen LogP contribution in [0.25, 0.3) is 0 Å². The number of ether oxygens (including phenoxy) is 2. The molecule has 27 heavy (non-hydrogen) atoms. The van der Waals surface area contributed by atoms with Crippen molar-refractivity contribution in [3.8, 4) is 11.5 Å². The van der Waals surface area contributed by atoms with E-state index in [1.165, 1.54) is 0 Å². The molecule has 7 heteroatoms. The fourth-order valence-electron chi connectivity index (χ4n) is 3.31. The highest BCUT2D eigenvalue weighted by Gasteiger charge is 2.30. The van der Waals surface area contributed by atoms with Gasteiger partial charge in [-0.15, -0.1) is 0 Å². The van der Waals surface area contributed by atoms with E-state index in [1.807, 2.05) is 19.0 Å². The molecule has 0 unspecified atom stereocenters. The van der Waals surface area contributed by atoms with Crippen LogP contribution >= 0.6 is 0 Å². The Hall–Kier alpha value is -2.28. The summed E-state index contributed by atoms with van der Waals surface area (Å²) in [6.45, 7) is 1.48. The van der Waals surface area contributed by atoms with Crippen LogP contribution < -0.4 is 20.1 Å². The van der Waals surface area contributed by atoms with E-state index in [2.05, 4.69) is 10.6 Å². The Morgan fingerprint density at radius 2 is 1.67 bits per heavy atom. The van der Waals surface area contributed by atoms with Crippen LogP contribution in [0.15, 0.2) is 18.2 Å². The number of methoxy groups -OCH3 is 2. The molecule has 0 radical (unpaired) electrons. The van der Waals surface area contributed by atoms with E-state index in [9.17, 15) is 9.59 Å². The van der Waals surface area contributed by atoms with Crippen molar-refractivity contribution in [1.29, 1.82) is 0 Å². The van der Waals surface area contributed by atoms with Crippen LogP contribution in [0.5, 0.6) is 11.5 Å². The summed E-state index contributed by atoms with van der Waals surface area (Å²) in [5.74, 6) is 1.23. The SMILES string of the molecule is COc1ccc(OC)c(NC(=O)C2CCC(C(=O)NCCN(C)C)CC2)c1. The molecule has 0 atom stereocenters. The largest absolute Gasteiger partial charge is 0.497 e. The summed E-state index contributed by atoms with van der Waals surface area (Å²) in [4.78, 5) is 26.9.